The maximum absolute atomic E-state index is 10.4. The van der Waals surface area contributed by atoms with Gasteiger partial charge in [0.2, 0.25) is 0 Å². The predicted molar refractivity (Wildman–Crippen MR) is 84.4 cm³/mol. The molecular formula is C13H18BrNOS2. The van der Waals surface area contributed by atoms with Crippen LogP contribution in [-0.2, 0) is 6.42 Å². The van der Waals surface area contributed by atoms with Crippen LogP contribution in [0.3, 0.4) is 0 Å². The molecule has 0 spiro atoms. The highest BCUT2D eigenvalue weighted by molar-refractivity contribution is 9.10. The van der Waals surface area contributed by atoms with Crippen molar-refractivity contribution in [3.8, 4) is 0 Å². The molecule has 100 valence electrons. The molecule has 3 unspecified atom stereocenters. The van der Waals surface area contributed by atoms with Crippen LogP contribution in [0.1, 0.15) is 19.0 Å². The van der Waals surface area contributed by atoms with E-state index in [0.717, 1.165) is 22.3 Å². The van der Waals surface area contributed by atoms with Crippen LogP contribution in [0.25, 0.3) is 0 Å². The van der Waals surface area contributed by atoms with Gasteiger partial charge < -0.3 is 5.11 Å². The first-order valence-electron chi connectivity index (χ1n) is 6.22. The summed E-state index contributed by atoms with van der Waals surface area (Å²) in [6.45, 7) is 2.21. The van der Waals surface area contributed by atoms with Crippen molar-refractivity contribution in [1.29, 1.82) is 0 Å². The third-order valence-corrected chi connectivity index (χ3v) is 6.94. The van der Waals surface area contributed by atoms with Gasteiger partial charge in [0.1, 0.15) is 0 Å². The van der Waals surface area contributed by atoms with E-state index in [1.807, 2.05) is 35.7 Å². The van der Waals surface area contributed by atoms with Gasteiger partial charge in [0.15, 0.2) is 0 Å². The van der Waals surface area contributed by atoms with Gasteiger partial charge in [-0.25, -0.2) is 0 Å². The third kappa shape index (κ3) is 3.89. The molecule has 1 N–H and O–H groups in total. The maximum Gasteiger partial charge on any atom is 0.0724 e. The van der Waals surface area contributed by atoms with E-state index in [2.05, 4.69) is 27.8 Å². The molecule has 3 atom stereocenters. The molecule has 1 aliphatic heterocycles. The summed E-state index contributed by atoms with van der Waals surface area (Å²) in [6.07, 6.45) is 3.29. The van der Waals surface area contributed by atoms with E-state index in [1.165, 1.54) is 5.75 Å². The monoisotopic (exact) mass is 347 g/mol. The minimum Gasteiger partial charge on any atom is -0.392 e. The highest BCUT2D eigenvalue weighted by Gasteiger charge is 2.31. The summed E-state index contributed by atoms with van der Waals surface area (Å²) >= 11 is 7.30. The van der Waals surface area contributed by atoms with Crippen LogP contribution >= 0.6 is 39.5 Å². The summed E-state index contributed by atoms with van der Waals surface area (Å²) in [6, 6.07) is 3.96. The Bertz CT molecular complexity index is 374. The van der Waals surface area contributed by atoms with Crippen molar-refractivity contribution in [2.24, 2.45) is 0 Å². The van der Waals surface area contributed by atoms with Crippen LogP contribution in [0, 0.1) is 0 Å². The van der Waals surface area contributed by atoms with E-state index >= 15 is 0 Å². The molecule has 0 bridgehead atoms. The highest BCUT2D eigenvalue weighted by atomic mass is 79.9. The summed E-state index contributed by atoms with van der Waals surface area (Å²) in [5.41, 5.74) is 0.969. The average molecular weight is 348 g/mol. The van der Waals surface area contributed by atoms with E-state index in [-0.39, 0.29) is 6.10 Å². The smallest absolute Gasteiger partial charge is 0.0724 e. The number of hydrogen-bond donors (Lipinski definition) is 1. The first-order valence-corrected chi connectivity index (χ1v) is 9.11. The molecule has 2 rings (SSSR count). The molecule has 0 radical (unpaired) electrons. The fraction of sp³-hybridized carbons (Fsp3) is 0.615. The molecule has 1 saturated heterocycles. The topological polar surface area (TPSA) is 33.1 Å². The lowest BCUT2D eigenvalue weighted by atomic mass is 10.1. The minimum absolute atomic E-state index is 0.290. The Morgan fingerprint density at radius 1 is 1.44 bits per heavy atom. The number of aliphatic hydroxyl groups excluding tert-OH is 1. The fourth-order valence-electron chi connectivity index (χ4n) is 2.15. The summed E-state index contributed by atoms with van der Waals surface area (Å²) in [5.74, 6) is 2.36. The molecular weight excluding hydrogens is 330 g/mol. The lowest BCUT2D eigenvalue weighted by Crippen LogP contribution is -2.37. The first-order chi connectivity index (χ1) is 8.70. The SMILES string of the molecule is CCC1SCCSC1C(O)Cc1ccc(Br)cn1. The molecule has 1 aromatic heterocycles. The van der Waals surface area contributed by atoms with E-state index in [0.29, 0.717) is 16.9 Å². The Kier molecular flexibility index (Phi) is 5.86. The lowest BCUT2D eigenvalue weighted by molar-refractivity contribution is 0.168. The Balaban J connectivity index is 1.97. The molecule has 1 aliphatic rings. The number of pyridine rings is 1. The minimum atomic E-state index is -0.290. The third-order valence-electron chi connectivity index (χ3n) is 3.08. The van der Waals surface area contributed by atoms with Crippen LogP contribution in [0.5, 0.6) is 0 Å². The van der Waals surface area contributed by atoms with Crippen molar-refractivity contribution < 1.29 is 5.11 Å². The quantitative estimate of drug-likeness (QED) is 0.904. The van der Waals surface area contributed by atoms with Gasteiger partial charge in [0, 0.05) is 44.8 Å². The number of halogens is 1. The van der Waals surface area contributed by atoms with Gasteiger partial charge in [0.25, 0.3) is 0 Å². The normalized spacial score (nSPS) is 25.9. The summed E-state index contributed by atoms with van der Waals surface area (Å²) < 4.78 is 0.981. The second kappa shape index (κ2) is 7.17. The molecule has 0 saturated carbocycles. The largest absolute Gasteiger partial charge is 0.392 e. The number of aliphatic hydroxyl groups is 1. The lowest BCUT2D eigenvalue weighted by Gasteiger charge is -2.33. The number of rotatable bonds is 4. The van der Waals surface area contributed by atoms with Gasteiger partial charge >= 0.3 is 0 Å². The Hall–Kier alpha value is 0.290. The van der Waals surface area contributed by atoms with Gasteiger partial charge in [-0.1, -0.05) is 6.92 Å². The first kappa shape index (κ1) is 14.7. The average Bonchev–Trinajstić information content (AvgIpc) is 2.41. The molecule has 0 amide bonds. The standard InChI is InChI=1S/C13H18BrNOS2/c1-2-12-13(18-6-5-17-12)11(16)7-10-4-3-9(14)8-15-10/h3-4,8,11-13,16H,2,5-7H2,1H3. The van der Waals surface area contributed by atoms with Crippen molar-refractivity contribution >= 4 is 39.5 Å². The second-order valence-corrected chi connectivity index (χ2v) is 7.94. The van der Waals surface area contributed by atoms with E-state index < -0.39 is 0 Å². The van der Waals surface area contributed by atoms with Crippen LogP contribution in [0.2, 0.25) is 0 Å². The van der Waals surface area contributed by atoms with Crippen LogP contribution in [0.4, 0.5) is 0 Å². The zero-order valence-corrected chi connectivity index (χ0v) is 13.6. The van der Waals surface area contributed by atoms with Crippen molar-refractivity contribution in [2.45, 2.75) is 36.4 Å². The van der Waals surface area contributed by atoms with Crippen molar-refractivity contribution in [3.05, 3.63) is 28.5 Å². The maximum atomic E-state index is 10.4. The summed E-state index contributed by atoms with van der Waals surface area (Å²) in [4.78, 5) is 4.34. The van der Waals surface area contributed by atoms with Crippen molar-refractivity contribution in [1.82, 2.24) is 4.98 Å². The Labute approximate surface area is 125 Å². The summed E-state index contributed by atoms with van der Waals surface area (Å²) in [5, 5.41) is 11.3. The second-order valence-electron chi connectivity index (χ2n) is 4.39. The van der Waals surface area contributed by atoms with Gasteiger partial charge in [-0.3, -0.25) is 4.98 Å². The van der Waals surface area contributed by atoms with Gasteiger partial charge in [0.05, 0.1) is 6.10 Å². The van der Waals surface area contributed by atoms with Gasteiger partial charge in [-0.15, -0.1) is 0 Å². The molecule has 1 aromatic rings. The number of aromatic nitrogens is 1. The number of hydrogen-bond acceptors (Lipinski definition) is 4. The van der Waals surface area contributed by atoms with Crippen LogP contribution < -0.4 is 0 Å². The molecule has 2 nitrogen and oxygen atoms in total. The van der Waals surface area contributed by atoms with Crippen molar-refractivity contribution in [2.75, 3.05) is 11.5 Å². The van der Waals surface area contributed by atoms with Gasteiger partial charge in [-0.2, -0.15) is 23.5 Å². The van der Waals surface area contributed by atoms with Crippen LogP contribution in [0.15, 0.2) is 22.8 Å². The number of nitrogens with zero attached hydrogens (tertiary/aromatic N) is 1. The van der Waals surface area contributed by atoms with E-state index in [4.69, 9.17) is 0 Å². The molecule has 5 heteroatoms. The zero-order chi connectivity index (χ0) is 13.0. The number of thioether (sulfide) groups is 2. The van der Waals surface area contributed by atoms with Crippen LogP contribution in [-0.4, -0.2) is 38.2 Å². The molecule has 2 heterocycles. The fourth-order valence-corrected chi connectivity index (χ4v) is 5.54. The Morgan fingerprint density at radius 2 is 2.22 bits per heavy atom. The zero-order valence-electron chi connectivity index (χ0n) is 10.4. The van der Waals surface area contributed by atoms with Gasteiger partial charge in [-0.05, 0) is 34.5 Å². The van der Waals surface area contributed by atoms with E-state index in [9.17, 15) is 5.11 Å². The molecule has 0 aromatic carbocycles. The predicted octanol–water partition coefficient (Wildman–Crippen LogP) is 3.37. The highest BCUT2D eigenvalue weighted by Crippen LogP contribution is 2.35. The Morgan fingerprint density at radius 3 is 2.89 bits per heavy atom. The van der Waals surface area contributed by atoms with E-state index in [1.54, 1.807) is 6.20 Å². The summed E-state index contributed by atoms with van der Waals surface area (Å²) in [7, 11) is 0. The van der Waals surface area contributed by atoms with Crippen molar-refractivity contribution in [3.63, 3.8) is 0 Å². The molecule has 18 heavy (non-hydrogen) atoms. The molecule has 0 aliphatic carbocycles. The molecule has 1 fully saturated rings.